The Hall–Kier alpha value is -2.23. The largest absolute Gasteiger partial charge is 0.308 e. The van der Waals surface area contributed by atoms with Crippen molar-refractivity contribution < 1.29 is 0 Å². The first-order valence-corrected chi connectivity index (χ1v) is 6.76. The molecule has 0 radical (unpaired) electrons. The maximum absolute atomic E-state index is 4.73. The van der Waals surface area contributed by atoms with E-state index in [0.717, 1.165) is 29.1 Å². The molecule has 0 aliphatic carbocycles. The van der Waals surface area contributed by atoms with Crippen LogP contribution >= 0.6 is 0 Å². The molecule has 20 heavy (non-hydrogen) atoms. The van der Waals surface area contributed by atoms with Crippen molar-refractivity contribution >= 4 is 11.2 Å². The lowest BCUT2D eigenvalue weighted by Gasteiger charge is -2.20. The van der Waals surface area contributed by atoms with Crippen molar-refractivity contribution in [1.29, 1.82) is 0 Å². The summed E-state index contributed by atoms with van der Waals surface area (Å²) in [5, 5.41) is 0. The summed E-state index contributed by atoms with van der Waals surface area (Å²) in [6.45, 7) is 7.52. The van der Waals surface area contributed by atoms with E-state index in [9.17, 15) is 0 Å². The summed E-state index contributed by atoms with van der Waals surface area (Å²) < 4.78 is 2.19. The first-order valence-electron chi connectivity index (χ1n) is 6.76. The van der Waals surface area contributed by atoms with Crippen molar-refractivity contribution in [3.8, 4) is 11.4 Å². The van der Waals surface area contributed by atoms with Gasteiger partial charge in [0.1, 0.15) is 11.3 Å². The minimum atomic E-state index is 0.155. The fourth-order valence-electron chi connectivity index (χ4n) is 2.30. The topological polar surface area (TPSA) is 43.6 Å². The predicted molar refractivity (Wildman–Crippen MR) is 80.2 cm³/mol. The molecule has 102 valence electrons. The molecule has 0 N–H and O–H groups in total. The lowest BCUT2D eigenvalue weighted by atomic mass is 9.96. The molecule has 0 amide bonds. The van der Waals surface area contributed by atoms with Gasteiger partial charge in [-0.2, -0.15) is 0 Å². The van der Waals surface area contributed by atoms with Crippen molar-refractivity contribution in [1.82, 2.24) is 19.5 Å². The molecule has 0 fully saturated rings. The molecule has 3 aromatic heterocycles. The maximum atomic E-state index is 4.73. The highest BCUT2D eigenvalue weighted by Gasteiger charge is 2.19. The minimum absolute atomic E-state index is 0.155. The average Bonchev–Trinajstić information content (AvgIpc) is 2.77. The molecule has 4 nitrogen and oxygen atoms in total. The van der Waals surface area contributed by atoms with Crippen LogP contribution in [0.2, 0.25) is 0 Å². The Morgan fingerprint density at radius 3 is 2.60 bits per heavy atom. The van der Waals surface area contributed by atoms with Gasteiger partial charge in [0, 0.05) is 30.7 Å². The standard InChI is InChI=1S/C16H18N4/c1-16(2,3)11-20-14(12-6-4-8-17-10-12)19-13-7-5-9-18-15(13)20/h4-10H,11H2,1-3H3. The van der Waals surface area contributed by atoms with Gasteiger partial charge in [-0.15, -0.1) is 0 Å². The zero-order valence-electron chi connectivity index (χ0n) is 12.0. The molecule has 3 rings (SSSR count). The smallest absolute Gasteiger partial charge is 0.160 e. The Balaban J connectivity index is 2.23. The van der Waals surface area contributed by atoms with E-state index in [0.29, 0.717) is 0 Å². The average molecular weight is 266 g/mol. The van der Waals surface area contributed by atoms with E-state index < -0.39 is 0 Å². The molecule has 0 aliphatic rings. The van der Waals surface area contributed by atoms with Crippen LogP contribution in [0.15, 0.2) is 42.9 Å². The second-order valence-corrected chi connectivity index (χ2v) is 6.17. The lowest BCUT2D eigenvalue weighted by Crippen LogP contribution is -2.16. The molecule has 3 heterocycles. The minimum Gasteiger partial charge on any atom is -0.308 e. The zero-order chi connectivity index (χ0) is 14.2. The van der Waals surface area contributed by atoms with Crippen LogP contribution in [-0.2, 0) is 6.54 Å². The molecule has 0 atom stereocenters. The summed E-state index contributed by atoms with van der Waals surface area (Å²) in [4.78, 5) is 13.4. The first-order chi connectivity index (χ1) is 9.54. The normalized spacial score (nSPS) is 11.9. The summed E-state index contributed by atoms with van der Waals surface area (Å²) in [5.74, 6) is 0.932. The molecule has 0 saturated carbocycles. The molecule has 0 saturated heterocycles. The molecule has 3 aromatic rings. The van der Waals surface area contributed by atoms with E-state index >= 15 is 0 Å². The van der Waals surface area contributed by atoms with Crippen LogP contribution in [0.1, 0.15) is 20.8 Å². The van der Waals surface area contributed by atoms with Crippen LogP contribution in [0.4, 0.5) is 0 Å². The Bertz CT molecular complexity index is 723. The highest BCUT2D eigenvalue weighted by atomic mass is 15.1. The number of rotatable bonds is 2. The fourth-order valence-corrected chi connectivity index (χ4v) is 2.30. The molecule has 0 spiro atoms. The van der Waals surface area contributed by atoms with E-state index in [1.165, 1.54) is 0 Å². The number of pyridine rings is 2. The number of hydrogen-bond donors (Lipinski definition) is 0. The number of imidazole rings is 1. The van der Waals surface area contributed by atoms with Crippen LogP contribution in [0.3, 0.4) is 0 Å². The number of nitrogens with zero attached hydrogens (tertiary/aromatic N) is 4. The molecule has 0 aliphatic heterocycles. The highest BCUT2D eigenvalue weighted by Crippen LogP contribution is 2.27. The van der Waals surface area contributed by atoms with Crippen molar-refractivity contribution in [2.75, 3.05) is 0 Å². The molecule has 0 aromatic carbocycles. The third kappa shape index (κ3) is 2.41. The third-order valence-corrected chi connectivity index (χ3v) is 3.06. The second-order valence-electron chi connectivity index (χ2n) is 6.17. The van der Waals surface area contributed by atoms with Crippen LogP contribution in [0.5, 0.6) is 0 Å². The second kappa shape index (κ2) is 4.71. The van der Waals surface area contributed by atoms with Gasteiger partial charge in [0.05, 0.1) is 0 Å². The Morgan fingerprint density at radius 1 is 1.10 bits per heavy atom. The molecule has 4 heteroatoms. The van der Waals surface area contributed by atoms with Gasteiger partial charge < -0.3 is 4.57 Å². The summed E-state index contributed by atoms with van der Waals surface area (Å²) >= 11 is 0. The SMILES string of the molecule is CC(C)(C)Cn1c(-c2cccnc2)nc2cccnc21. The molecular formula is C16H18N4. The molecule has 0 unspecified atom stereocenters. The van der Waals surface area contributed by atoms with Gasteiger partial charge >= 0.3 is 0 Å². The summed E-state index contributed by atoms with van der Waals surface area (Å²) in [7, 11) is 0. The van der Waals surface area contributed by atoms with E-state index in [1.807, 2.05) is 36.7 Å². The predicted octanol–water partition coefficient (Wildman–Crippen LogP) is 3.54. The maximum Gasteiger partial charge on any atom is 0.160 e. The summed E-state index contributed by atoms with van der Waals surface area (Å²) in [6, 6.07) is 7.89. The van der Waals surface area contributed by atoms with E-state index in [4.69, 9.17) is 4.98 Å². The van der Waals surface area contributed by atoms with Gasteiger partial charge in [0.15, 0.2) is 5.65 Å². The van der Waals surface area contributed by atoms with E-state index in [1.54, 1.807) is 6.20 Å². The highest BCUT2D eigenvalue weighted by molar-refractivity contribution is 5.76. The van der Waals surface area contributed by atoms with Crippen LogP contribution in [-0.4, -0.2) is 19.5 Å². The van der Waals surface area contributed by atoms with Crippen molar-refractivity contribution in [3.63, 3.8) is 0 Å². The third-order valence-electron chi connectivity index (χ3n) is 3.06. The molecule has 0 bridgehead atoms. The van der Waals surface area contributed by atoms with Gasteiger partial charge in [-0.25, -0.2) is 9.97 Å². The number of fused-ring (bicyclic) bond motifs is 1. The van der Waals surface area contributed by atoms with Gasteiger partial charge in [-0.3, -0.25) is 4.98 Å². The number of aromatic nitrogens is 4. The van der Waals surface area contributed by atoms with Crippen molar-refractivity contribution in [3.05, 3.63) is 42.9 Å². The first kappa shape index (κ1) is 12.8. The van der Waals surface area contributed by atoms with Gasteiger partial charge in [-0.05, 0) is 29.7 Å². The Kier molecular flexibility index (Phi) is 3.01. The van der Waals surface area contributed by atoms with Crippen LogP contribution < -0.4 is 0 Å². The van der Waals surface area contributed by atoms with Crippen LogP contribution in [0, 0.1) is 5.41 Å². The fraction of sp³-hybridized carbons (Fsp3) is 0.312. The van der Waals surface area contributed by atoms with E-state index in [2.05, 4.69) is 35.3 Å². The van der Waals surface area contributed by atoms with Gasteiger partial charge in [-0.1, -0.05) is 20.8 Å². The number of hydrogen-bond acceptors (Lipinski definition) is 3. The monoisotopic (exact) mass is 266 g/mol. The zero-order valence-corrected chi connectivity index (χ0v) is 12.0. The van der Waals surface area contributed by atoms with E-state index in [-0.39, 0.29) is 5.41 Å². The van der Waals surface area contributed by atoms with Gasteiger partial charge in [0.2, 0.25) is 0 Å². The summed E-state index contributed by atoms with van der Waals surface area (Å²) in [6.07, 6.45) is 5.44. The quantitative estimate of drug-likeness (QED) is 0.712. The van der Waals surface area contributed by atoms with Crippen molar-refractivity contribution in [2.45, 2.75) is 27.3 Å². The van der Waals surface area contributed by atoms with Gasteiger partial charge in [0.25, 0.3) is 0 Å². The van der Waals surface area contributed by atoms with Crippen LogP contribution in [0.25, 0.3) is 22.6 Å². The molecular weight excluding hydrogens is 248 g/mol. The Morgan fingerprint density at radius 2 is 1.90 bits per heavy atom. The van der Waals surface area contributed by atoms with Crippen molar-refractivity contribution in [2.24, 2.45) is 5.41 Å². The summed E-state index contributed by atoms with van der Waals surface area (Å²) in [5.41, 5.74) is 3.04. The lowest BCUT2D eigenvalue weighted by molar-refractivity contribution is 0.349. The Labute approximate surface area is 118 Å².